The molecule has 11 heavy (non-hydrogen) atoms. The summed E-state index contributed by atoms with van der Waals surface area (Å²) in [6.07, 6.45) is 7.12. The van der Waals surface area contributed by atoms with E-state index >= 15 is 0 Å². The van der Waals surface area contributed by atoms with E-state index in [1.807, 2.05) is 12.2 Å². The van der Waals surface area contributed by atoms with Crippen molar-refractivity contribution in [2.75, 3.05) is 0 Å². The first kappa shape index (κ1) is 9.89. The minimum atomic E-state index is 0.434. The first-order valence-electron chi connectivity index (χ1n) is 3.70. The lowest BCUT2D eigenvalue weighted by molar-refractivity contribution is 0.889. The highest BCUT2D eigenvalue weighted by Gasteiger charge is 1.97. The van der Waals surface area contributed by atoms with Crippen LogP contribution >= 0.6 is 0 Å². The number of aliphatic imine (C=N–C) groups is 1. The lowest BCUT2D eigenvalue weighted by atomic mass is 10.1. The molecular weight excluding hydrogens is 134 g/mol. The predicted molar refractivity (Wildman–Crippen MR) is 51.8 cm³/mol. The Morgan fingerprint density at radius 3 is 2.36 bits per heavy atom. The largest absolute Gasteiger partial charge is 0.262 e. The molecule has 0 amide bonds. The Balaban J connectivity index is 4.34. The molecule has 0 aromatic carbocycles. The van der Waals surface area contributed by atoms with E-state index < -0.39 is 0 Å². The second-order valence-electron chi connectivity index (χ2n) is 2.49. The standard InChI is InChI=1S/C10H15N/c1-5-7-8-10(9(3)4)11-6-2/h5-9H,1-2H2,3-4H3/b8-7-,11-10+. The Labute approximate surface area is 68.9 Å². The van der Waals surface area contributed by atoms with Crippen LogP contribution in [0, 0.1) is 5.92 Å². The summed E-state index contributed by atoms with van der Waals surface area (Å²) in [5, 5.41) is 0. The monoisotopic (exact) mass is 149 g/mol. The van der Waals surface area contributed by atoms with Crippen molar-refractivity contribution < 1.29 is 0 Å². The van der Waals surface area contributed by atoms with Crippen molar-refractivity contribution in [3.8, 4) is 0 Å². The molecule has 0 aliphatic carbocycles. The fraction of sp³-hybridized carbons (Fsp3) is 0.300. The maximum atomic E-state index is 4.11. The third-order valence-corrected chi connectivity index (χ3v) is 1.23. The maximum Gasteiger partial charge on any atom is 0.0428 e. The first-order chi connectivity index (χ1) is 5.22. The van der Waals surface area contributed by atoms with Crippen LogP contribution in [-0.4, -0.2) is 5.71 Å². The molecule has 0 radical (unpaired) electrons. The molecule has 0 bridgehead atoms. The maximum absolute atomic E-state index is 4.11. The van der Waals surface area contributed by atoms with E-state index in [2.05, 4.69) is 32.0 Å². The van der Waals surface area contributed by atoms with Gasteiger partial charge in [0, 0.05) is 11.9 Å². The Morgan fingerprint density at radius 2 is 2.00 bits per heavy atom. The van der Waals surface area contributed by atoms with Gasteiger partial charge in [0.2, 0.25) is 0 Å². The minimum absolute atomic E-state index is 0.434. The van der Waals surface area contributed by atoms with Gasteiger partial charge in [-0.3, -0.25) is 4.99 Å². The van der Waals surface area contributed by atoms with Crippen LogP contribution in [-0.2, 0) is 0 Å². The Bertz CT molecular complexity index is 185. The fourth-order valence-electron chi connectivity index (χ4n) is 0.657. The molecule has 0 rings (SSSR count). The van der Waals surface area contributed by atoms with Crippen LogP contribution in [0.5, 0.6) is 0 Å². The molecule has 0 N–H and O–H groups in total. The summed E-state index contributed by atoms with van der Waals surface area (Å²) in [5.74, 6) is 0.434. The van der Waals surface area contributed by atoms with Gasteiger partial charge in [-0.05, 0) is 12.0 Å². The molecule has 0 fully saturated rings. The molecule has 1 nitrogen and oxygen atoms in total. The van der Waals surface area contributed by atoms with E-state index in [1.54, 1.807) is 12.3 Å². The van der Waals surface area contributed by atoms with E-state index in [-0.39, 0.29) is 0 Å². The minimum Gasteiger partial charge on any atom is -0.262 e. The molecule has 0 saturated carbocycles. The number of rotatable bonds is 4. The lowest BCUT2D eigenvalue weighted by Crippen LogP contribution is -2.02. The fourth-order valence-corrected chi connectivity index (χ4v) is 0.657. The van der Waals surface area contributed by atoms with Crippen molar-refractivity contribution in [2.45, 2.75) is 13.8 Å². The van der Waals surface area contributed by atoms with Crippen LogP contribution in [0.4, 0.5) is 0 Å². The number of hydrogen-bond acceptors (Lipinski definition) is 1. The van der Waals surface area contributed by atoms with Gasteiger partial charge in [-0.2, -0.15) is 0 Å². The zero-order chi connectivity index (χ0) is 8.69. The summed E-state index contributed by atoms with van der Waals surface area (Å²) in [6, 6.07) is 0. The number of nitrogens with zero attached hydrogens (tertiary/aromatic N) is 1. The van der Waals surface area contributed by atoms with Crippen molar-refractivity contribution in [3.05, 3.63) is 37.6 Å². The second kappa shape index (κ2) is 5.66. The molecule has 0 aromatic rings. The van der Waals surface area contributed by atoms with Gasteiger partial charge in [0.15, 0.2) is 0 Å². The molecule has 1 heteroatoms. The van der Waals surface area contributed by atoms with E-state index in [9.17, 15) is 0 Å². The molecular formula is C10H15N. The normalized spacial score (nSPS) is 12.5. The highest BCUT2D eigenvalue weighted by atomic mass is 14.7. The lowest BCUT2D eigenvalue weighted by Gasteiger charge is -2.01. The Hall–Kier alpha value is -1.11. The molecule has 0 atom stereocenters. The van der Waals surface area contributed by atoms with Crippen molar-refractivity contribution in [1.82, 2.24) is 0 Å². The summed E-state index contributed by atoms with van der Waals surface area (Å²) in [5.41, 5.74) is 1.03. The third kappa shape index (κ3) is 4.31. The van der Waals surface area contributed by atoms with E-state index in [0.29, 0.717) is 5.92 Å². The predicted octanol–water partition coefficient (Wildman–Crippen LogP) is 2.97. The molecule has 60 valence electrons. The quantitative estimate of drug-likeness (QED) is 0.430. The summed E-state index contributed by atoms with van der Waals surface area (Å²) in [7, 11) is 0. The average Bonchev–Trinajstić information content (AvgIpc) is 1.97. The summed E-state index contributed by atoms with van der Waals surface area (Å²) >= 11 is 0. The number of hydrogen-bond donors (Lipinski definition) is 0. The third-order valence-electron chi connectivity index (χ3n) is 1.23. The van der Waals surface area contributed by atoms with Crippen molar-refractivity contribution in [3.63, 3.8) is 0 Å². The van der Waals surface area contributed by atoms with Crippen LogP contribution < -0.4 is 0 Å². The SMILES string of the molecule is C=C/C=C\C(=N/C=C)C(C)C. The van der Waals surface area contributed by atoms with E-state index in [0.717, 1.165) is 5.71 Å². The van der Waals surface area contributed by atoms with Crippen molar-refractivity contribution in [1.29, 1.82) is 0 Å². The van der Waals surface area contributed by atoms with Gasteiger partial charge in [-0.15, -0.1) is 0 Å². The molecule has 0 spiro atoms. The Kier molecular flexibility index (Phi) is 5.09. The highest BCUT2D eigenvalue weighted by molar-refractivity contribution is 5.96. The van der Waals surface area contributed by atoms with Crippen LogP contribution in [0.3, 0.4) is 0 Å². The smallest absolute Gasteiger partial charge is 0.0428 e. The van der Waals surface area contributed by atoms with Gasteiger partial charge in [0.05, 0.1) is 0 Å². The van der Waals surface area contributed by atoms with Crippen molar-refractivity contribution in [2.24, 2.45) is 10.9 Å². The summed E-state index contributed by atoms with van der Waals surface area (Å²) in [6.45, 7) is 11.3. The van der Waals surface area contributed by atoms with Gasteiger partial charge in [-0.25, -0.2) is 0 Å². The molecule has 0 aliphatic heterocycles. The Morgan fingerprint density at radius 1 is 1.36 bits per heavy atom. The molecule has 0 aromatic heterocycles. The summed E-state index contributed by atoms with van der Waals surface area (Å²) in [4.78, 5) is 4.11. The molecule has 0 saturated heterocycles. The average molecular weight is 149 g/mol. The van der Waals surface area contributed by atoms with Crippen molar-refractivity contribution >= 4 is 5.71 Å². The second-order valence-corrected chi connectivity index (χ2v) is 2.49. The van der Waals surface area contributed by atoms with Gasteiger partial charge in [-0.1, -0.05) is 39.2 Å². The van der Waals surface area contributed by atoms with Gasteiger partial charge in [0.1, 0.15) is 0 Å². The topological polar surface area (TPSA) is 12.4 Å². The summed E-state index contributed by atoms with van der Waals surface area (Å²) < 4.78 is 0. The van der Waals surface area contributed by atoms with Crippen LogP contribution in [0.2, 0.25) is 0 Å². The number of allylic oxidation sites excluding steroid dienone is 3. The van der Waals surface area contributed by atoms with Gasteiger partial charge in [0.25, 0.3) is 0 Å². The molecule has 0 aliphatic rings. The highest BCUT2D eigenvalue weighted by Crippen LogP contribution is 1.99. The van der Waals surface area contributed by atoms with Gasteiger partial charge < -0.3 is 0 Å². The van der Waals surface area contributed by atoms with Crippen LogP contribution in [0.25, 0.3) is 0 Å². The first-order valence-corrected chi connectivity index (χ1v) is 3.70. The zero-order valence-electron chi connectivity index (χ0n) is 7.25. The van der Waals surface area contributed by atoms with E-state index in [1.165, 1.54) is 0 Å². The van der Waals surface area contributed by atoms with Gasteiger partial charge >= 0.3 is 0 Å². The molecule has 0 heterocycles. The molecule has 0 unspecified atom stereocenters. The van der Waals surface area contributed by atoms with E-state index in [4.69, 9.17) is 0 Å². The zero-order valence-corrected chi connectivity index (χ0v) is 7.25. The van der Waals surface area contributed by atoms with Crippen LogP contribution in [0.1, 0.15) is 13.8 Å². The van der Waals surface area contributed by atoms with Crippen LogP contribution in [0.15, 0.2) is 42.6 Å².